The van der Waals surface area contributed by atoms with Crippen LogP contribution in [-0.4, -0.2) is 71.1 Å². The number of carbonyl (C=O) groups excluding carboxylic acids is 3. The lowest BCUT2D eigenvalue weighted by Crippen LogP contribution is -2.41. The van der Waals surface area contributed by atoms with Gasteiger partial charge in [0.15, 0.2) is 6.04 Å². The second-order valence-electron chi connectivity index (χ2n) is 14.3. The highest BCUT2D eigenvalue weighted by Crippen LogP contribution is 2.31. The Labute approximate surface area is 383 Å². The fourth-order valence-electron chi connectivity index (χ4n) is 6.31. The molecule has 2 amide bonds. The number of hydrogen-bond donors (Lipinski definition) is 3. The lowest BCUT2D eigenvalue weighted by molar-refractivity contribution is -0.140. The number of pyridine rings is 1. The Morgan fingerprint density at radius 3 is 1.62 bits per heavy atom. The van der Waals surface area contributed by atoms with Crippen molar-refractivity contribution in [2.45, 2.75) is 51.1 Å². The molecule has 0 bridgehead atoms. The standard InChI is InChI=1S/C33H32ClN3O6.2C9H10O2/c1-41-27-16-10-24(29(19-27)42-2)21-37(30(38)18-9-22-7-5-4-6-8-22)31(28-17-11-23(20-35-28)33(40)43-3)32(39)36-26-14-12-25(34)13-15-26;2*10-9(11)7-6-8-4-2-1-3-5-8/h4-8,10-17,19-20,31H,9,18,21H2,1-3H3,(H,36,39);2*1-5H,6-7H2,(H,10,11). The largest absolute Gasteiger partial charge is 0.497 e. The molecule has 0 aliphatic rings. The number of rotatable bonds is 18. The molecule has 1 unspecified atom stereocenters. The highest BCUT2D eigenvalue weighted by atomic mass is 35.5. The van der Waals surface area contributed by atoms with E-state index in [2.05, 4.69) is 10.3 Å². The highest BCUT2D eigenvalue weighted by molar-refractivity contribution is 6.30. The van der Waals surface area contributed by atoms with Crippen LogP contribution in [0.4, 0.5) is 5.69 Å². The van der Waals surface area contributed by atoms with Crippen molar-refractivity contribution in [3.63, 3.8) is 0 Å². The molecular formula is C51H52ClN3O10. The van der Waals surface area contributed by atoms with Gasteiger partial charge in [0.05, 0.1) is 39.1 Å². The molecule has 0 aliphatic heterocycles. The average Bonchev–Trinajstić information content (AvgIpc) is 3.33. The van der Waals surface area contributed by atoms with Gasteiger partial charge in [0.1, 0.15) is 11.5 Å². The van der Waals surface area contributed by atoms with Crippen molar-refractivity contribution in [3.05, 3.63) is 190 Å². The third-order valence-corrected chi connectivity index (χ3v) is 9.98. The van der Waals surface area contributed by atoms with Crippen molar-refractivity contribution in [1.29, 1.82) is 0 Å². The second kappa shape index (κ2) is 26.8. The summed E-state index contributed by atoms with van der Waals surface area (Å²) in [6.45, 7) is 0.0277. The Morgan fingerprint density at radius 2 is 1.17 bits per heavy atom. The SMILES string of the molecule is COC(=O)c1ccc(C(C(=O)Nc2ccc(Cl)cc2)N(Cc2ccc(OC)cc2OC)C(=O)CCc2ccccc2)nc1.O=C(O)CCc1ccccc1.O=C(O)CCc1ccccc1. The molecule has 5 aromatic carbocycles. The Morgan fingerprint density at radius 1 is 0.646 bits per heavy atom. The maximum absolute atomic E-state index is 14.0. The van der Waals surface area contributed by atoms with Crippen LogP contribution in [-0.2, 0) is 49.7 Å². The smallest absolute Gasteiger partial charge is 0.339 e. The van der Waals surface area contributed by atoms with E-state index in [1.165, 1.54) is 31.4 Å². The van der Waals surface area contributed by atoms with Gasteiger partial charge in [0, 0.05) is 47.8 Å². The number of halogens is 1. The molecule has 1 aromatic heterocycles. The molecule has 0 radical (unpaired) electrons. The summed E-state index contributed by atoms with van der Waals surface area (Å²) in [5.74, 6) is -1.76. The number of methoxy groups -OCH3 is 3. The molecule has 13 nitrogen and oxygen atoms in total. The zero-order valence-electron chi connectivity index (χ0n) is 36.4. The minimum atomic E-state index is -1.17. The summed E-state index contributed by atoms with van der Waals surface area (Å²) in [7, 11) is 4.35. The molecule has 0 aliphatic carbocycles. The van der Waals surface area contributed by atoms with E-state index in [1.54, 1.807) is 55.6 Å². The molecule has 65 heavy (non-hydrogen) atoms. The first kappa shape index (κ1) is 50.1. The monoisotopic (exact) mass is 901 g/mol. The third-order valence-electron chi connectivity index (χ3n) is 9.73. The molecule has 3 N–H and O–H groups in total. The summed E-state index contributed by atoms with van der Waals surface area (Å²) >= 11 is 6.04. The normalized spacial score (nSPS) is 10.6. The number of benzene rings is 5. The van der Waals surface area contributed by atoms with Gasteiger partial charge < -0.3 is 34.6 Å². The minimum Gasteiger partial charge on any atom is -0.497 e. The fraction of sp³-hybridized carbons (Fsp3) is 0.216. The Balaban J connectivity index is 0.000000340. The third kappa shape index (κ3) is 17.3. The topological polar surface area (TPSA) is 182 Å². The summed E-state index contributed by atoms with van der Waals surface area (Å²) in [4.78, 5) is 66.4. The molecule has 14 heteroatoms. The van der Waals surface area contributed by atoms with Crippen molar-refractivity contribution < 1.29 is 48.4 Å². The van der Waals surface area contributed by atoms with E-state index in [0.717, 1.165) is 16.7 Å². The van der Waals surface area contributed by atoms with Gasteiger partial charge in [-0.2, -0.15) is 0 Å². The van der Waals surface area contributed by atoms with Crippen molar-refractivity contribution in [1.82, 2.24) is 9.88 Å². The molecule has 0 saturated heterocycles. The number of esters is 1. The van der Waals surface area contributed by atoms with Gasteiger partial charge >= 0.3 is 17.9 Å². The molecule has 6 aromatic rings. The first-order chi connectivity index (χ1) is 31.4. The highest BCUT2D eigenvalue weighted by Gasteiger charge is 2.33. The molecule has 338 valence electrons. The average molecular weight is 902 g/mol. The van der Waals surface area contributed by atoms with E-state index in [9.17, 15) is 24.0 Å². The quantitative estimate of drug-likeness (QED) is 0.0700. The van der Waals surface area contributed by atoms with E-state index in [1.807, 2.05) is 91.0 Å². The van der Waals surface area contributed by atoms with Gasteiger partial charge in [-0.1, -0.05) is 103 Å². The summed E-state index contributed by atoms with van der Waals surface area (Å²) in [5.41, 5.74) is 4.77. The Bertz CT molecular complexity index is 2370. The predicted octanol–water partition coefficient (Wildman–Crippen LogP) is 9.29. The van der Waals surface area contributed by atoms with Crippen molar-refractivity contribution in [2.24, 2.45) is 0 Å². The number of amides is 2. The molecular weight excluding hydrogens is 850 g/mol. The number of ether oxygens (including phenoxy) is 3. The van der Waals surface area contributed by atoms with Crippen LogP contribution in [0.15, 0.2) is 152 Å². The summed E-state index contributed by atoms with van der Waals surface area (Å²) < 4.78 is 15.7. The molecule has 1 atom stereocenters. The number of aryl methyl sites for hydroxylation is 3. The van der Waals surface area contributed by atoms with Gasteiger partial charge in [-0.25, -0.2) is 4.79 Å². The Kier molecular flexibility index (Phi) is 20.7. The van der Waals surface area contributed by atoms with Crippen molar-refractivity contribution >= 4 is 47.0 Å². The molecule has 0 spiro atoms. The zero-order valence-corrected chi connectivity index (χ0v) is 37.1. The summed E-state index contributed by atoms with van der Waals surface area (Å²) in [5, 5.41) is 20.1. The first-order valence-electron chi connectivity index (χ1n) is 20.6. The van der Waals surface area contributed by atoms with Gasteiger partial charge in [-0.3, -0.25) is 24.2 Å². The zero-order chi connectivity index (χ0) is 47.0. The van der Waals surface area contributed by atoms with Gasteiger partial charge in [0.25, 0.3) is 5.91 Å². The van der Waals surface area contributed by atoms with Crippen LogP contribution in [0.5, 0.6) is 11.5 Å². The predicted molar refractivity (Wildman–Crippen MR) is 248 cm³/mol. The molecule has 0 saturated carbocycles. The second-order valence-corrected chi connectivity index (χ2v) is 14.7. The van der Waals surface area contributed by atoms with Gasteiger partial charge in [-0.15, -0.1) is 0 Å². The van der Waals surface area contributed by atoms with Gasteiger partial charge in [0.2, 0.25) is 5.91 Å². The number of carboxylic acids is 2. The first-order valence-corrected chi connectivity index (χ1v) is 20.9. The number of aromatic nitrogens is 1. The van der Waals surface area contributed by atoms with E-state index < -0.39 is 29.9 Å². The molecule has 0 fully saturated rings. The van der Waals surface area contributed by atoms with Crippen LogP contribution in [0.25, 0.3) is 0 Å². The number of carbonyl (C=O) groups is 5. The lowest BCUT2D eigenvalue weighted by atomic mass is 10.0. The van der Waals surface area contributed by atoms with Gasteiger partial charge in [-0.05, 0) is 84.5 Å². The van der Waals surface area contributed by atoms with Crippen LogP contribution < -0.4 is 14.8 Å². The van der Waals surface area contributed by atoms with Crippen LogP contribution >= 0.6 is 11.6 Å². The van der Waals surface area contributed by atoms with Crippen molar-refractivity contribution in [3.8, 4) is 11.5 Å². The fourth-order valence-corrected chi connectivity index (χ4v) is 6.43. The van der Waals surface area contributed by atoms with E-state index in [0.29, 0.717) is 47.0 Å². The number of nitrogens with zero attached hydrogens (tertiary/aromatic N) is 2. The minimum absolute atomic E-state index is 0.0277. The van der Waals surface area contributed by atoms with E-state index in [-0.39, 0.29) is 43.0 Å². The number of nitrogens with one attached hydrogen (secondary N) is 1. The number of hydrogen-bond acceptors (Lipinski definition) is 9. The van der Waals surface area contributed by atoms with E-state index in [4.69, 9.17) is 36.0 Å². The Hall–Kier alpha value is -7.51. The molecule has 6 rings (SSSR count). The maximum atomic E-state index is 14.0. The van der Waals surface area contributed by atoms with Crippen LogP contribution in [0, 0.1) is 0 Å². The molecule has 1 heterocycles. The number of aliphatic carboxylic acids is 2. The van der Waals surface area contributed by atoms with E-state index >= 15 is 0 Å². The van der Waals surface area contributed by atoms with Crippen LogP contribution in [0.1, 0.15) is 63.6 Å². The van der Waals surface area contributed by atoms with Crippen LogP contribution in [0.2, 0.25) is 5.02 Å². The van der Waals surface area contributed by atoms with Crippen molar-refractivity contribution in [2.75, 3.05) is 26.6 Å². The summed E-state index contributed by atoms with van der Waals surface area (Å²) in [6, 6.07) is 42.6. The summed E-state index contributed by atoms with van der Waals surface area (Å²) in [6.07, 6.45) is 3.59. The van der Waals surface area contributed by atoms with Crippen LogP contribution in [0.3, 0.4) is 0 Å². The number of carboxylic acid groups (broad SMARTS) is 2. The lowest BCUT2D eigenvalue weighted by Gasteiger charge is -2.31. The number of anilines is 1. The maximum Gasteiger partial charge on any atom is 0.339 e.